The van der Waals surface area contributed by atoms with Crippen LogP contribution in [0.4, 0.5) is 0 Å². The van der Waals surface area contributed by atoms with Gasteiger partial charge in [0.1, 0.15) is 6.54 Å². The van der Waals surface area contributed by atoms with E-state index in [0.29, 0.717) is 13.1 Å². The largest absolute Gasteiger partial charge is 0.332 e. The average Bonchev–Trinajstić information content (AvgIpc) is 2.94. The summed E-state index contributed by atoms with van der Waals surface area (Å²) in [4.78, 5) is 26.7. The fourth-order valence-corrected chi connectivity index (χ4v) is 2.56. The standard InChI is InChI=1S/C15H16N2O2S/c1-2-8-16(11-13-6-5-10-20-13)15(19)12-17-9-4-3-7-14(17)18/h2-7,9-10H,1,8,11-12H2. The van der Waals surface area contributed by atoms with E-state index in [1.807, 2.05) is 17.5 Å². The lowest BCUT2D eigenvalue weighted by atomic mass is 10.3. The molecule has 2 rings (SSSR count). The van der Waals surface area contributed by atoms with Gasteiger partial charge in [-0.15, -0.1) is 17.9 Å². The van der Waals surface area contributed by atoms with Gasteiger partial charge in [-0.25, -0.2) is 0 Å². The van der Waals surface area contributed by atoms with E-state index in [0.717, 1.165) is 4.88 Å². The minimum atomic E-state index is -0.171. The molecule has 4 nitrogen and oxygen atoms in total. The monoisotopic (exact) mass is 288 g/mol. The summed E-state index contributed by atoms with van der Waals surface area (Å²) in [5, 5.41) is 1.98. The van der Waals surface area contributed by atoms with Crippen molar-refractivity contribution in [1.29, 1.82) is 0 Å². The molecule has 0 unspecified atom stereocenters. The van der Waals surface area contributed by atoms with E-state index in [1.54, 1.807) is 40.6 Å². The van der Waals surface area contributed by atoms with Crippen LogP contribution in [0, 0.1) is 0 Å². The van der Waals surface area contributed by atoms with Crippen LogP contribution < -0.4 is 5.56 Å². The molecular formula is C15H16N2O2S. The van der Waals surface area contributed by atoms with Crippen LogP contribution in [0.5, 0.6) is 0 Å². The first kappa shape index (κ1) is 14.3. The molecule has 2 heterocycles. The summed E-state index contributed by atoms with van der Waals surface area (Å²) in [5.41, 5.74) is -0.171. The number of amides is 1. The lowest BCUT2D eigenvalue weighted by molar-refractivity contribution is -0.131. The molecule has 0 spiro atoms. The molecule has 20 heavy (non-hydrogen) atoms. The number of aromatic nitrogens is 1. The second-order valence-electron chi connectivity index (χ2n) is 4.31. The van der Waals surface area contributed by atoms with Crippen molar-refractivity contribution in [3.8, 4) is 0 Å². The van der Waals surface area contributed by atoms with Crippen LogP contribution in [-0.4, -0.2) is 21.9 Å². The van der Waals surface area contributed by atoms with E-state index in [1.165, 1.54) is 10.6 Å². The Morgan fingerprint density at radius 3 is 2.85 bits per heavy atom. The van der Waals surface area contributed by atoms with E-state index in [-0.39, 0.29) is 18.0 Å². The van der Waals surface area contributed by atoms with Crippen LogP contribution >= 0.6 is 11.3 Å². The Kier molecular flexibility index (Phi) is 4.90. The molecule has 0 radical (unpaired) electrons. The maximum absolute atomic E-state index is 12.3. The van der Waals surface area contributed by atoms with Crippen molar-refractivity contribution in [3.05, 3.63) is 69.8 Å². The van der Waals surface area contributed by atoms with Crippen molar-refractivity contribution in [3.63, 3.8) is 0 Å². The van der Waals surface area contributed by atoms with Crippen LogP contribution in [0.15, 0.2) is 59.4 Å². The first-order valence-electron chi connectivity index (χ1n) is 6.27. The van der Waals surface area contributed by atoms with E-state index in [4.69, 9.17) is 0 Å². The zero-order valence-electron chi connectivity index (χ0n) is 11.1. The molecule has 0 saturated carbocycles. The smallest absolute Gasteiger partial charge is 0.250 e. The third-order valence-corrected chi connectivity index (χ3v) is 3.69. The normalized spacial score (nSPS) is 10.2. The summed E-state index contributed by atoms with van der Waals surface area (Å²) in [6.45, 7) is 4.75. The van der Waals surface area contributed by atoms with E-state index >= 15 is 0 Å². The third kappa shape index (κ3) is 3.68. The Morgan fingerprint density at radius 1 is 1.35 bits per heavy atom. The van der Waals surface area contributed by atoms with Gasteiger partial charge in [0, 0.05) is 23.7 Å². The number of rotatable bonds is 6. The van der Waals surface area contributed by atoms with Crippen molar-refractivity contribution >= 4 is 17.2 Å². The zero-order chi connectivity index (χ0) is 14.4. The molecule has 0 aromatic carbocycles. The van der Waals surface area contributed by atoms with Crippen LogP contribution in [0.3, 0.4) is 0 Å². The van der Waals surface area contributed by atoms with E-state index < -0.39 is 0 Å². The van der Waals surface area contributed by atoms with Gasteiger partial charge in [-0.1, -0.05) is 18.2 Å². The summed E-state index contributed by atoms with van der Waals surface area (Å²) in [6, 6.07) is 8.80. The molecule has 1 amide bonds. The first-order valence-corrected chi connectivity index (χ1v) is 7.15. The second kappa shape index (κ2) is 6.86. The van der Waals surface area contributed by atoms with Crippen molar-refractivity contribution in [2.24, 2.45) is 0 Å². The summed E-state index contributed by atoms with van der Waals surface area (Å²) >= 11 is 1.61. The second-order valence-corrected chi connectivity index (χ2v) is 5.34. The number of thiophene rings is 1. The van der Waals surface area contributed by atoms with Crippen molar-refractivity contribution in [1.82, 2.24) is 9.47 Å². The van der Waals surface area contributed by atoms with Gasteiger partial charge in [-0.3, -0.25) is 9.59 Å². The van der Waals surface area contributed by atoms with Crippen LogP contribution in [0.1, 0.15) is 4.88 Å². The Hall–Kier alpha value is -2.14. The fourth-order valence-electron chi connectivity index (χ4n) is 1.84. The zero-order valence-corrected chi connectivity index (χ0v) is 11.9. The van der Waals surface area contributed by atoms with Crippen molar-refractivity contribution < 1.29 is 4.79 Å². The van der Waals surface area contributed by atoms with Gasteiger partial charge in [-0.2, -0.15) is 0 Å². The Labute approximate surface area is 121 Å². The first-order chi connectivity index (χ1) is 9.70. The number of nitrogens with zero attached hydrogens (tertiary/aromatic N) is 2. The Balaban J connectivity index is 2.09. The highest BCUT2D eigenvalue weighted by Crippen LogP contribution is 2.12. The molecule has 104 valence electrons. The van der Waals surface area contributed by atoms with Gasteiger partial charge in [-0.05, 0) is 17.5 Å². The molecule has 0 atom stereocenters. The molecule has 0 fully saturated rings. The van der Waals surface area contributed by atoms with Gasteiger partial charge in [0.25, 0.3) is 5.56 Å². The van der Waals surface area contributed by atoms with Gasteiger partial charge in [0.2, 0.25) is 5.91 Å². The van der Waals surface area contributed by atoms with Gasteiger partial charge in [0.05, 0.1) is 6.54 Å². The minimum absolute atomic E-state index is 0.0545. The highest BCUT2D eigenvalue weighted by molar-refractivity contribution is 7.09. The number of hydrogen-bond donors (Lipinski definition) is 0. The summed E-state index contributed by atoms with van der Waals surface area (Å²) in [6.07, 6.45) is 3.32. The van der Waals surface area contributed by atoms with Gasteiger partial charge < -0.3 is 9.47 Å². The Bertz CT molecular complexity index is 631. The predicted molar refractivity (Wildman–Crippen MR) is 80.6 cm³/mol. The molecule has 2 aromatic rings. The number of pyridine rings is 1. The molecule has 0 aliphatic heterocycles. The highest BCUT2D eigenvalue weighted by Gasteiger charge is 2.14. The fraction of sp³-hybridized carbons (Fsp3) is 0.200. The molecule has 0 aliphatic carbocycles. The SMILES string of the molecule is C=CCN(Cc1cccs1)C(=O)Cn1ccccc1=O. The molecule has 0 aliphatic rings. The molecule has 0 N–H and O–H groups in total. The van der Waals surface area contributed by atoms with Crippen LogP contribution in [-0.2, 0) is 17.9 Å². The maximum Gasteiger partial charge on any atom is 0.250 e. The van der Waals surface area contributed by atoms with Crippen LogP contribution in [0.2, 0.25) is 0 Å². The van der Waals surface area contributed by atoms with E-state index in [2.05, 4.69) is 6.58 Å². The number of carbonyl (C=O) groups is 1. The summed E-state index contributed by atoms with van der Waals surface area (Å²) in [5.74, 6) is -0.0911. The van der Waals surface area contributed by atoms with Crippen LogP contribution in [0.25, 0.3) is 0 Å². The lowest BCUT2D eigenvalue weighted by Gasteiger charge is -2.20. The maximum atomic E-state index is 12.3. The molecular weight excluding hydrogens is 272 g/mol. The van der Waals surface area contributed by atoms with Crippen molar-refractivity contribution in [2.75, 3.05) is 6.54 Å². The summed E-state index contributed by atoms with van der Waals surface area (Å²) in [7, 11) is 0. The van der Waals surface area contributed by atoms with E-state index in [9.17, 15) is 9.59 Å². The van der Waals surface area contributed by atoms with Crippen molar-refractivity contribution in [2.45, 2.75) is 13.1 Å². The molecule has 5 heteroatoms. The quantitative estimate of drug-likeness (QED) is 0.764. The third-order valence-electron chi connectivity index (χ3n) is 2.83. The van der Waals surface area contributed by atoms with Gasteiger partial charge >= 0.3 is 0 Å². The average molecular weight is 288 g/mol. The topological polar surface area (TPSA) is 42.3 Å². The Morgan fingerprint density at radius 2 is 2.20 bits per heavy atom. The molecule has 0 bridgehead atoms. The summed E-state index contributed by atoms with van der Waals surface area (Å²) < 4.78 is 1.41. The highest BCUT2D eigenvalue weighted by atomic mass is 32.1. The number of carbonyl (C=O) groups excluding carboxylic acids is 1. The van der Waals surface area contributed by atoms with Gasteiger partial charge in [0.15, 0.2) is 0 Å². The predicted octanol–water partition coefficient (Wildman–Crippen LogP) is 2.12. The molecule has 2 aromatic heterocycles. The molecule has 0 saturated heterocycles. The number of hydrogen-bond acceptors (Lipinski definition) is 3. The minimum Gasteiger partial charge on any atom is -0.332 e. The lowest BCUT2D eigenvalue weighted by Crippen LogP contribution is -2.35.